The van der Waals surface area contributed by atoms with Gasteiger partial charge in [0.15, 0.2) is 0 Å². The third kappa shape index (κ3) is 3.87. The third-order valence-electron chi connectivity index (χ3n) is 4.84. The maximum atomic E-state index is 12.7. The normalized spacial score (nSPS) is 17.7. The second-order valence-corrected chi connectivity index (χ2v) is 8.14. The van der Waals surface area contributed by atoms with Gasteiger partial charge in [-0.1, -0.05) is 36.4 Å². The minimum atomic E-state index is -0.522. The van der Waals surface area contributed by atoms with Crippen LogP contribution in [-0.2, 0) is 4.74 Å². The van der Waals surface area contributed by atoms with Crippen LogP contribution in [0.5, 0.6) is 0 Å². The number of imidazole rings is 1. The quantitative estimate of drug-likeness (QED) is 0.704. The molecule has 1 amide bonds. The van der Waals surface area contributed by atoms with Crippen LogP contribution in [0.2, 0.25) is 0 Å². The molecular weight excluding hydrogens is 352 g/mol. The van der Waals surface area contributed by atoms with E-state index in [-0.39, 0.29) is 12.1 Å². The van der Waals surface area contributed by atoms with Crippen LogP contribution in [0.1, 0.15) is 32.6 Å². The highest BCUT2D eigenvalue weighted by Crippen LogP contribution is 2.27. The number of hydrogen-bond acceptors (Lipinski definition) is 4. The number of piperazine rings is 1. The van der Waals surface area contributed by atoms with Crippen LogP contribution in [0.15, 0.2) is 48.7 Å². The lowest BCUT2D eigenvalue weighted by Gasteiger charge is -2.36. The van der Waals surface area contributed by atoms with Gasteiger partial charge in [0.1, 0.15) is 17.5 Å². The number of nitrogens with one attached hydrogen (secondary N) is 2. The predicted octanol–water partition coefficient (Wildman–Crippen LogP) is 4.11. The zero-order valence-electron chi connectivity index (χ0n) is 16.5. The van der Waals surface area contributed by atoms with Crippen molar-refractivity contribution in [3.05, 3.63) is 54.5 Å². The zero-order valence-corrected chi connectivity index (χ0v) is 16.5. The van der Waals surface area contributed by atoms with Crippen LogP contribution < -0.4 is 5.32 Å². The Balaban J connectivity index is 1.60. The monoisotopic (exact) mass is 378 g/mol. The van der Waals surface area contributed by atoms with Gasteiger partial charge in [0.25, 0.3) is 0 Å². The fourth-order valence-electron chi connectivity index (χ4n) is 3.50. The van der Waals surface area contributed by atoms with Gasteiger partial charge in [-0.2, -0.15) is 0 Å². The van der Waals surface area contributed by atoms with Crippen LogP contribution in [0, 0.1) is 0 Å². The molecule has 0 saturated carbocycles. The third-order valence-corrected chi connectivity index (χ3v) is 4.84. The second kappa shape index (κ2) is 7.28. The van der Waals surface area contributed by atoms with Crippen molar-refractivity contribution in [3.63, 3.8) is 0 Å². The Morgan fingerprint density at radius 1 is 1.18 bits per heavy atom. The van der Waals surface area contributed by atoms with Gasteiger partial charge in [0.05, 0.1) is 11.9 Å². The van der Waals surface area contributed by atoms with E-state index in [1.807, 2.05) is 39.1 Å². The molecule has 6 nitrogen and oxygen atoms in total. The summed E-state index contributed by atoms with van der Waals surface area (Å²) in [6.07, 6.45) is 1.53. The Labute approximate surface area is 164 Å². The number of fused-ring (bicyclic) bond motifs is 1. The highest BCUT2D eigenvalue weighted by atomic mass is 16.6. The number of benzene rings is 2. The number of hydrogen-bond donors (Lipinski definition) is 2. The molecule has 0 radical (unpaired) electrons. The lowest BCUT2D eigenvalue weighted by atomic mass is 10.1. The van der Waals surface area contributed by atoms with Gasteiger partial charge in [-0.05, 0) is 37.6 Å². The largest absolute Gasteiger partial charge is 0.444 e. The molecule has 1 aliphatic rings. The van der Waals surface area contributed by atoms with E-state index >= 15 is 0 Å². The first-order valence-corrected chi connectivity index (χ1v) is 9.65. The number of ether oxygens (including phenoxy) is 1. The van der Waals surface area contributed by atoms with Crippen molar-refractivity contribution in [3.8, 4) is 11.3 Å². The summed E-state index contributed by atoms with van der Waals surface area (Å²) >= 11 is 0. The minimum absolute atomic E-state index is 0.183. The summed E-state index contributed by atoms with van der Waals surface area (Å²) in [7, 11) is 0. The van der Waals surface area contributed by atoms with Crippen molar-refractivity contribution in [1.82, 2.24) is 20.2 Å². The summed E-state index contributed by atoms with van der Waals surface area (Å²) in [4.78, 5) is 22.4. The lowest BCUT2D eigenvalue weighted by molar-refractivity contribution is 0.0109. The highest BCUT2D eigenvalue weighted by Gasteiger charge is 2.33. The molecule has 0 bridgehead atoms. The molecule has 1 fully saturated rings. The van der Waals surface area contributed by atoms with Crippen LogP contribution in [-0.4, -0.2) is 46.2 Å². The Bertz CT molecular complexity index is 989. The Kier molecular flexibility index (Phi) is 4.81. The van der Waals surface area contributed by atoms with E-state index in [0.29, 0.717) is 13.1 Å². The molecule has 4 rings (SSSR count). The summed E-state index contributed by atoms with van der Waals surface area (Å²) in [6, 6.07) is 14.4. The van der Waals surface area contributed by atoms with Crippen molar-refractivity contribution < 1.29 is 9.53 Å². The van der Waals surface area contributed by atoms with Gasteiger partial charge in [0.2, 0.25) is 0 Å². The molecule has 2 heterocycles. The minimum Gasteiger partial charge on any atom is -0.444 e. The molecule has 1 aromatic heterocycles. The van der Waals surface area contributed by atoms with Crippen LogP contribution in [0.3, 0.4) is 0 Å². The first-order valence-electron chi connectivity index (χ1n) is 9.65. The zero-order chi connectivity index (χ0) is 19.7. The summed E-state index contributed by atoms with van der Waals surface area (Å²) < 4.78 is 5.59. The maximum Gasteiger partial charge on any atom is 0.411 e. The smallest absolute Gasteiger partial charge is 0.411 e. The number of nitrogens with zero attached hydrogens (tertiary/aromatic N) is 2. The fourth-order valence-corrected chi connectivity index (χ4v) is 3.50. The molecule has 0 aliphatic carbocycles. The van der Waals surface area contributed by atoms with Crippen LogP contribution in [0.4, 0.5) is 4.79 Å². The molecule has 146 valence electrons. The lowest BCUT2D eigenvalue weighted by Crippen LogP contribution is -2.50. The summed E-state index contributed by atoms with van der Waals surface area (Å²) in [6.45, 7) is 7.62. The topological polar surface area (TPSA) is 70.2 Å². The van der Waals surface area contributed by atoms with Gasteiger partial charge in [-0.15, -0.1) is 0 Å². The number of carbonyl (C=O) groups is 1. The first-order chi connectivity index (χ1) is 13.4. The molecule has 2 N–H and O–H groups in total. The molecule has 2 aromatic carbocycles. The van der Waals surface area contributed by atoms with E-state index in [4.69, 9.17) is 4.74 Å². The summed E-state index contributed by atoms with van der Waals surface area (Å²) in [5.41, 5.74) is 1.49. The van der Waals surface area contributed by atoms with Gasteiger partial charge in [-0.25, -0.2) is 9.78 Å². The Morgan fingerprint density at radius 3 is 2.75 bits per heavy atom. The van der Waals surface area contributed by atoms with E-state index in [9.17, 15) is 4.79 Å². The predicted molar refractivity (Wildman–Crippen MR) is 110 cm³/mol. The van der Waals surface area contributed by atoms with Crippen molar-refractivity contribution in [1.29, 1.82) is 0 Å². The van der Waals surface area contributed by atoms with Crippen LogP contribution >= 0.6 is 0 Å². The van der Waals surface area contributed by atoms with Gasteiger partial charge < -0.3 is 15.0 Å². The summed E-state index contributed by atoms with van der Waals surface area (Å²) in [5, 5.41) is 5.74. The van der Waals surface area contributed by atoms with Gasteiger partial charge >= 0.3 is 6.09 Å². The molecule has 1 unspecified atom stereocenters. The molecule has 6 heteroatoms. The number of aromatic amines is 1. The number of H-pyrrole nitrogens is 1. The molecular formula is C22H26N4O2. The number of rotatable bonds is 2. The molecule has 1 saturated heterocycles. The average Bonchev–Trinajstić information content (AvgIpc) is 3.16. The molecule has 1 aliphatic heterocycles. The average molecular weight is 378 g/mol. The van der Waals surface area contributed by atoms with Crippen molar-refractivity contribution in [2.24, 2.45) is 0 Å². The van der Waals surface area contributed by atoms with E-state index < -0.39 is 5.60 Å². The summed E-state index contributed by atoms with van der Waals surface area (Å²) in [5.74, 6) is 0.765. The van der Waals surface area contributed by atoms with Gasteiger partial charge in [0, 0.05) is 25.2 Å². The van der Waals surface area contributed by atoms with E-state index in [2.05, 4.69) is 45.6 Å². The first kappa shape index (κ1) is 18.5. The number of carbonyl (C=O) groups excluding carboxylic acids is 1. The van der Waals surface area contributed by atoms with E-state index in [0.717, 1.165) is 23.6 Å². The van der Waals surface area contributed by atoms with E-state index in [1.54, 1.807) is 4.90 Å². The Hall–Kier alpha value is -2.86. The van der Waals surface area contributed by atoms with Crippen molar-refractivity contribution in [2.45, 2.75) is 32.4 Å². The van der Waals surface area contributed by atoms with Crippen LogP contribution in [0.25, 0.3) is 22.0 Å². The van der Waals surface area contributed by atoms with Crippen molar-refractivity contribution >= 4 is 16.9 Å². The standard InChI is InChI=1S/C22H26N4O2/c1-22(2,3)28-21(27)26-11-10-23-14-19(26)20-24-13-18(25-20)17-9-8-15-6-4-5-7-16(15)12-17/h4-9,12-13,19,23H,10-11,14H2,1-3H3,(H,24,25). The SMILES string of the molecule is CC(C)(C)OC(=O)N1CCNCC1c1ncc(-c2ccc3ccccc3c2)[nH]1. The van der Waals surface area contributed by atoms with Crippen molar-refractivity contribution in [2.75, 3.05) is 19.6 Å². The number of amides is 1. The van der Waals surface area contributed by atoms with Gasteiger partial charge in [-0.3, -0.25) is 4.90 Å². The second-order valence-electron chi connectivity index (χ2n) is 8.14. The number of aromatic nitrogens is 2. The fraction of sp³-hybridized carbons (Fsp3) is 0.364. The van der Waals surface area contributed by atoms with E-state index in [1.165, 1.54) is 10.8 Å². The molecule has 3 aromatic rings. The molecule has 28 heavy (non-hydrogen) atoms. The Morgan fingerprint density at radius 2 is 1.96 bits per heavy atom. The molecule has 1 atom stereocenters. The molecule has 0 spiro atoms. The highest BCUT2D eigenvalue weighted by molar-refractivity contribution is 5.86. The maximum absolute atomic E-state index is 12.7.